The van der Waals surface area contributed by atoms with Crippen LogP contribution in [0.15, 0.2) is 54.6 Å². The Hall–Kier alpha value is -2.66. The van der Waals surface area contributed by atoms with Crippen LogP contribution in [0.25, 0.3) is 0 Å². The molecule has 2 amide bonds. The van der Waals surface area contributed by atoms with Crippen molar-refractivity contribution >= 4 is 29.2 Å². The summed E-state index contributed by atoms with van der Waals surface area (Å²) in [7, 11) is 0. The van der Waals surface area contributed by atoms with E-state index in [1.165, 1.54) is 0 Å². The van der Waals surface area contributed by atoms with Crippen molar-refractivity contribution in [3.63, 3.8) is 0 Å². The highest BCUT2D eigenvalue weighted by Crippen LogP contribution is 2.27. The molecular formula is C21H21ClN2O3. The van der Waals surface area contributed by atoms with Crippen molar-refractivity contribution in [2.45, 2.75) is 37.8 Å². The minimum absolute atomic E-state index is 0.127. The number of nitrogens with two attached hydrogens (primary N) is 1. The molecule has 27 heavy (non-hydrogen) atoms. The third-order valence-corrected chi connectivity index (χ3v) is 5.12. The molecule has 0 radical (unpaired) electrons. The topological polar surface area (TPSA) is 80.5 Å². The molecule has 1 saturated heterocycles. The summed E-state index contributed by atoms with van der Waals surface area (Å²) in [5.74, 6) is -1.88. The van der Waals surface area contributed by atoms with Gasteiger partial charge in [-0.25, -0.2) is 0 Å². The van der Waals surface area contributed by atoms with E-state index < -0.39 is 17.7 Å². The second kappa shape index (κ2) is 8.35. The number of halogens is 1. The summed E-state index contributed by atoms with van der Waals surface area (Å²) in [6, 6.07) is 15.7. The average molecular weight is 385 g/mol. The number of rotatable bonds is 7. The van der Waals surface area contributed by atoms with Gasteiger partial charge >= 0.3 is 0 Å². The van der Waals surface area contributed by atoms with E-state index in [1.54, 1.807) is 11.0 Å². The summed E-state index contributed by atoms with van der Waals surface area (Å²) < 4.78 is 0. The number of carbonyl (C=O) groups excluding carboxylic acids is 3. The Labute approximate surface area is 163 Å². The van der Waals surface area contributed by atoms with Gasteiger partial charge in [0.25, 0.3) is 5.91 Å². The van der Waals surface area contributed by atoms with Crippen LogP contribution in [0.4, 0.5) is 0 Å². The van der Waals surface area contributed by atoms with Crippen LogP contribution in [0.5, 0.6) is 0 Å². The molecule has 2 aromatic carbocycles. The van der Waals surface area contributed by atoms with Gasteiger partial charge in [0.2, 0.25) is 11.7 Å². The zero-order valence-electron chi connectivity index (χ0n) is 14.8. The highest BCUT2D eigenvalue weighted by atomic mass is 35.5. The maximum Gasteiger partial charge on any atom is 0.287 e. The van der Waals surface area contributed by atoms with Crippen LogP contribution >= 0.6 is 11.6 Å². The molecule has 5 nitrogen and oxygen atoms in total. The molecule has 1 aliphatic heterocycles. The first kappa shape index (κ1) is 19.1. The SMILES string of the molecule is NC(=O)C(=O)C(Cc1ccccc1)N1C(=O)CC[C@@H]1Cc1cccc(Cl)c1. The molecule has 0 aromatic heterocycles. The van der Waals surface area contributed by atoms with Crippen molar-refractivity contribution in [2.75, 3.05) is 0 Å². The van der Waals surface area contributed by atoms with Crippen LogP contribution < -0.4 is 5.73 Å². The zero-order chi connectivity index (χ0) is 19.4. The Balaban J connectivity index is 1.88. The number of carbonyl (C=O) groups is 3. The Morgan fingerprint density at radius 2 is 1.81 bits per heavy atom. The van der Waals surface area contributed by atoms with Crippen LogP contribution in [-0.4, -0.2) is 34.6 Å². The standard InChI is InChI=1S/C21H21ClN2O3/c22-16-8-4-7-15(11-16)12-17-9-10-19(25)24(17)18(20(26)21(23)27)13-14-5-2-1-3-6-14/h1-8,11,17-18H,9-10,12-13H2,(H2,23,27)/t17-,18?/m1/s1. The molecule has 1 fully saturated rings. The average Bonchev–Trinajstić information content (AvgIpc) is 3.00. The molecule has 140 valence electrons. The number of Topliss-reactive ketones (excluding diaryl/α,β-unsaturated/α-hetero) is 1. The molecular weight excluding hydrogens is 364 g/mol. The van der Waals surface area contributed by atoms with E-state index in [-0.39, 0.29) is 18.4 Å². The van der Waals surface area contributed by atoms with Gasteiger partial charge in [-0.15, -0.1) is 0 Å². The molecule has 6 heteroatoms. The lowest BCUT2D eigenvalue weighted by Gasteiger charge is -2.32. The maximum atomic E-state index is 12.6. The van der Waals surface area contributed by atoms with E-state index in [9.17, 15) is 14.4 Å². The first-order valence-corrected chi connectivity index (χ1v) is 9.26. The highest BCUT2D eigenvalue weighted by Gasteiger charge is 2.40. The lowest BCUT2D eigenvalue weighted by atomic mass is 9.97. The third kappa shape index (κ3) is 4.55. The Morgan fingerprint density at radius 3 is 2.48 bits per heavy atom. The molecule has 1 unspecified atom stereocenters. The number of ketones is 1. The number of hydrogen-bond acceptors (Lipinski definition) is 3. The molecule has 0 spiro atoms. The van der Waals surface area contributed by atoms with Crippen molar-refractivity contribution in [3.8, 4) is 0 Å². The molecule has 0 aliphatic carbocycles. The summed E-state index contributed by atoms with van der Waals surface area (Å²) >= 11 is 6.06. The second-order valence-electron chi connectivity index (χ2n) is 6.76. The normalized spacial score (nSPS) is 17.7. The van der Waals surface area contributed by atoms with E-state index in [1.807, 2.05) is 48.5 Å². The number of primary amides is 1. The molecule has 2 aromatic rings. The Kier molecular flexibility index (Phi) is 5.91. The van der Waals surface area contributed by atoms with E-state index in [0.717, 1.165) is 11.1 Å². The molecule has 2 N–H and O–H groups in total. The largest absolute Gasteiger partial charge is 0.363 e. The monoisotopic (exact) mass is 384 g/mol. The van der Waals surface area contributed by atoms with Crippen molar-refractivity contribution < 1.29 is 14.4 Å². The van der Waals surface area contributed by atoms with E-state index in [2.05, 4.69) is 0 Å². The van der Waals surface area contributed by atoms with Gasteiger partial charge in [0.1, 0.15) is 6.04 Å². The van der Waals surface area contributed by atoms with Crippen LogP contribution in [0.3, 0.4) is 0 Å². The Bertz CT molecular complexity index is 854. The lowest BCUT2D eigenvalue weighted by Crippen LogP contribution is -2.51. The van der Waals surface area contributed by atoms with Gasteiger partial charge in [-0.05, 0) is 36.1 Å². The van der Waals surface area contributed by atoms with Gasteiger partial charge in [-0.3, -0.25) is 14.4 Å². The third-order valence-electron chi connectivity index (χ3n) is 4.89. The van der Waals surface area contributed by atoms with E-state index >= 15 is 0 Å². The van der Waals surface area contributed by atoms with Crippen LogP contribution in [-0.2, 0) is 27.2 Å². The summed E-state index contributed by atoms with van der Waals surface area (Å²) in [6.07, 6.45) is 1.81. The molecule has 1 heterocycles. The van der Waals surface area contributed by atoms with E-state index in [0.29, 0.717) is 24.3 Å². The van der Waals surface area contributed by atoms with E-state index in [4.69, 9.17) is 17.3 Å². The predicted octanol–water partition coefficient (Wildman–Crippen LogP) is 2.54. The molecule has 0 bridgehead atoms. The predicted molar refractivity (Wildman–Crippen MR) is 103 cm³/mol. The van der Waals surface area contributed by atoms with Gasteiger partial charge in [0, 0.05) is 23.9 Å². The smallest absolute Gasteiger partial charge is 0.287 e. The van der Waals surface area contributed by atoms with Gasteiger partial charge < -0.3 is 10.6 Å². The van der Waals surface area contributed by atoms with Crippen molar-refractivity contribution in [2.24, 2.45) is 5.73 Å². The van der Waals surface area contributed by atoms with Crippen molar-refractivity contribution in [3.05, 3.63) is 70.7 Å². The fourth-order valence-corrected chi connectivity index (χ4v) is 3.86. The summed E-state index contributed by atoms with van der Waals surface area (Å²) in [5, 5.41) is 0.623. The van der Waals surface area contributed by atoms with Gasteiger partial charge in [-0.2, -0.15) is 0 Å². The Morgan fingerprint density at radius 1 is 1.11 bits per heavy atom. The summed E-state index contributed by atoms with van der Waals surface area (Å²) in [6.45, 7) is 0. The molecule has 3 rings (SSSR count). The minimum Gasteiger partial charge on any atom is -0.363 e. The lowest BCUT2D eigenvalue weighted by molar-refractivity contribution is -0.144. The maximum absolute atomic E-state index is 12.6. The summed E-state index contributed by atoms with van der Waals surface area (Å²) in [4.78, 5) is 38.3. The summed E-state index contributed by atoms with van der Waals surface area (Å²) in [5.41, 5.74) is 7.13. The van der Waals surface area contributed by atoms with Gasteiger partial charge in [0.15, 0.2) is 0 Å². The van der Waals surface area contributed by atoms with Gasteiger partial charge in [-0.1, -0.05) is 54.1 Å². The van der Waals surface area contributed by atoms with Crippen molar-refractivity contribution in [1.29, 1.82) is 0 Å². The number of likely N-dealkylation sites (tertiary alicyclic amines) is 1. The van der Waals surface area contributed by atoms with Crippen molar-refractivity contribution in [1.82, 2.24) is 4.90 Å². The minimum atomic E-state index is -1.02. The van der Waals surface area contributed by atoms with Crippen LogP contribution in [0.2, 0.25) is 5.02 Å². The fraction of sp³-hybridized carbons (Fsp3) is 0.286. The van der Waals surface area contributed by atoms with Crippen LogP contribution in [0.1, 0.15) is 24.0 Å². The van der Waals surface area contributed by atoms with Crippen LogP contribution in [0, 0.1) is 0 Å². The molecule has 2 atom stereocenters. The quantitative estimate of drug-likeness (QED) is 0.745. The van der Waals surface area contributed by atoms with Gasteiger partial charge in [0.05, 0.1) is 0 Å². The zero-order valence-corrected chi connectivity index (χ0v) is 15.6. The first-order valence-electron chi connectivity index (χ1n) is 8.89. The molecule has 0 saturated carbocycles. The number of nitrogens with zero attached hydrogens (tertiary/aromatic N) is 1. The first-order chi connectivity index (χ1) is 13.0. The number of amides is 2. The second-order valence-corrected chi connectivity index (χ2v) is 7.20. The number of hydrogen-bond donors (Lipinski definition) is 1. The molecule has 1 aliphatic rings. The fourth-order valence-electron chi connectivity index (χ4n) is 3.65. The number of benzene rings is 2. The highest BCUT2D eigenvalue weighted by molar-refractivity contribution is 6.38.